The highest BCUT2D eigenvalue weighted by Crippen LogP contribution is 2.14. The molecular weight excluding hydrogens is 266 g/mol. The van der Waals surface area contributed by atoms with Gasteiger partial charge in [0.2, 0.25) is 10.0 Å². The van der Waals surface area contributed by atoms with Crippen LogP contribution in [0.2, 0.25) is 0 Å². The molecule has 2 N–H and O–H groups in total. The number of aliphatic hydroxyl groups is 1. The molecule has 1 aromatic carbocycles. The van der Waals surface area contributed by atoms with Crippen LogP contribution < -0.4 is 4.72 Å². The van der Waals surface area contributed by atoms with Gasteiger partial charge in [-0.3, -0.25) is 0 Å². The Morgan fingerprint density at radius 3 is 2.74 bits per heavy atom. The summed E-state index contributed by atoms with van der Waals surface area (Å²) in [7, 11) is -2.15. The topological polar surface area (TPSA) is 75.6 Å². The average molecular weight is 283 g/mol. The van der Waals surface area contributed by atoms with E-state index in [9.17, 15) is 8.42 Å². The minimum absolute atomic E-state index is 0.0962. The van der Waals surface area contributed by atoms with Crippen LogP contribution in [0.1, 0.15) is 12.5 Å². The minimum Gasteiger partial charge on any atom is -0.384 e. The second-order valence-electron chi connectivity index (χ2n) is 3.93. The molecule has 0 bridgehead atoms. The van der Waals surface area contributed by atoms with E-state index in [0.29, 0.717) is 5.56 Å². The standard InChI is InChI=1S/C13H17NO4S/c1-11(10-18-2)14-19(16,17)13-8-4-3-6-12(13)7-5-9-15/h3-4,6,8,11,14-15H,9-10H2,1-2H3. The summed E-state index contributed by atoms with van der Waals surface area (Å²) in [4.78, 5) is 0.0962. The molecule has 1 unspecified atom stereocenters. The molecule has 0 aliphatic carbocycles. The zero-order valence-corrected chi connectivity index (χ0v) is 11.7. The Balaban J connectivity index is 3.07. The van der Waals surface area contributed by atoms with Gasteiger partial charge in [0.15, 0.2) is 0 Å². The third kappa shape index (κ3) is 4.65. The molecule has 104 valence electrons. The molecule has 0 saturated carbocycles. The predicted octanol–water partition coefficient (Wildman–Crippen LogP) is 0.344. The van der Waals surface area contributed by atoms with E-state index in [0.717, 1.165) is 0 Å². The van der Waals surface area contributed by atoms with Gasteiger partial charge in [-0.1, -0.05) is 24.0 Å². The number of aliphatic hydroxyl groups excluding tert-OH is 1. The fraction of sp³-hybridized carbons (Fsp3) is 0.385. The van der Waals surface area contributed by atoms with E-state index in [2.05, 4.69) is 16.6 Å². The van der Waals surface area contributed by atoms with Crippen LogP contribution in [0.4, 0.5) is 0 Å². The molecule has 0 heterocycles. The van der Waals surface area contributed by atoms with Gasteiger partial charge in [-0.15, -0.1) is 0 Å². The van der Waals surface area contributed by atoms with Crippen molar-refractivity contribution in [3.8, 4) is 11.8 Å². The Morgan fingerprint density at radius 1 is 1.42 bits per heavy atom. The lowest BCUT2D eigenvalue weighted by Crippen LogP contribution is -2.35. The number of benzene rings is 1. The van der Waals surface area contributed by atoms with Gasteiger partial charge in [0.05, 0.1) is 11.5 Å². The number of sulfonamides is 1. The zero-order chi connectivity index (χ0) is 14.3. The molecule has 1 atom stereocenters. The van der Waals surface area contributed by atoms with Gasteiger partial charge in [-0.05, 0) is 19.1 Å². The van der Waals surface area contributed by atoms with Crippen molar-refractivity contribution in [3.63, 3.8) is 0 Å². The average Bonchev–Trinajstić information content (AvgIpc) is 2.36. The summed E-state index contributed by atoms with van der Waals surface area (Å²) in [6.45, 7) is 1.68. The van der Waals surface area contributed by atoms with E-state index < -0.39 is 10.0 Å². The van der Waals surface area contributed by atoms with Crippen molar-refractivity contribution in [2.75, 3.05) is 20.3 Å². The molecule has 0 saturated heterocycles. The first-order chi connectivity index (χ1) is 9.01. The summed E-state index contributed by atoms with van der Waals surface area (Å²) in [5, 5.41) is 8.68. The van der Waals surface area contributed by atoms with Crippen molar-refractivity contribution in [2.45, 2.75) is 17.9 Å². The van der Waals surface area contributed by atoms with Gasteiger partial charge < -0.3 is 9.84 Å². The molecule has 0 radical (unpaired) electrons. The van der Waals surface area contributed by atoms with Crippen LogP contribution in [0.5, 0.6) is 0 Å². The highest BCUT2D eigenvalue weighted by atomic mass is 32.2. The molecular formula is C13H17NO4S. The molecule has 0 aliphatic rings. The number of ether oxygens (including phenoxy) is 1. The molecule has 0 fully saturated rings. The van der Waals surface area contributed by atoms with Crippen LogP contribution in [0.25, 0.3) is 0 Å². The predicted molar refractivity (Wildman–Crippen MR) is 72.1 cm³/mol. The smallest absolute Gasteiger partial charge is 0.242 e. The lowest BCUT2D eigenvalue weighted by Gasteiger charge is -2.14. The van der Waals surface area contributed by atoms with Crippen LogP contribution in [0.15, 0.2) is 29.2 Å². The molecule has 5 nitrogen and oxygen atoms in total. The van der Waals surface area contributed by atoms with Crippen molar-refractivity contribution in [3.05, 3.63) is 29.8 Å². The Hall–Kier alpha value is -1.39. The maximum Gasteiger partial charge on any atom is 0.242 e. The van der Waals surface area contributed by atoms with E-state index in [4.69, 9.17) is 9.84 Å². The summed E-state index contributed by atoms with van der Waals surface area (Å²) < 4.78 is 31.8. The number of rotatable bonds is 5. The molecule has 0 spiro atoms. The van der Waals surface area contributed by atoms with Gasteiger partial charge in [0.25, 0.3) is 0 Å². The largest absolute Gasteiger partial charge is 0.384 e. The fourth-order valence-electron chi connectivity index (χ4n) is 1.55. The molecule has 1 aromatic rings. The second-order valence-corrected chi connectivity index (χ2v) is 5.62. The van der Waals surface area contributed by atoms with E-state index in [1.54, 1.807) is 25.1 Å². The quantitative estimate of drug-likeness (QED) is 0.764. The van der Waals surface area contributed by atoms with Crippen molar-refractivity contribution in [1.29, 1.82) is 0 Å². The molecule has 0 aromatic heterocycles. The van der Waals surface area contributed by atoms with Crippen molar-refractivity contribution >= 4 is 10.0 Å². The van der Waals surface area contributed by atoms with Crippen molar-refractivity contribution in [2.24, 2.45) is 0 Å². The van der Waals surface area contributed by atoms with Gasteiger partial charge in [0.1, 0.15) is 6.61 Å². The van der Waals surface area contributed by atoms with E-state index >= 15 is 0 Å². The number of nitrogens with one attached hydrogen (secondary N) is 1. The van der Waals surface area contributed by atoms with Crippen LogP contribution in [0.3, 0.4) is 0 Å². The number of methoxy groups -OCH3 is 1. The molecule has 19 heavy (non-hydrogen) atoms. The first-order valence-electron chi connectivity index (χ1n) is 5.71. The van der Waals surface area contributed by atoms with E-state index in [1.807, 2.05) is 0 Å². The summed E-state index contributed by atoms with van der Waals surface area (Å²) >= 11 is 0. The van der Waals surface area contributed by atoms with Crippen LogP contribution >= 0.6 is 0 Å². The third-order valence-electron chi connectivity index (χ3n) is 2.25. The fourth-order valence-corrected chi connectivity index (χ4v) is 2.94. The maximum atomic E-state index is 12.2. The van der Waals surface area contributed by atoms with Gasteiger partial charge in [-0.25, -0.2) is 13.1 Å². The highest BCUT2D eigenvalue weighted by molar-refractivity contribution is 7.89. The van der Waals surface area contributed by atoms with E-state index in [1.165, 1.54) is 13.2 Å². The SMILES string of the molecule is COCC(C)NS(=O)(=O)c1ccccc1C#CCO. The highest BCUT2D eigenvalue weighted by Gasteiger charge is 2.19. The van der Waals surface area contributed by atoms with E-state index in [-0.39, 0.29) is 24.2 Å². The molecule has 0 aliphatic heterocycles. The third-order valence-corrected chi connectivity index (χ3v) is 3.90. The summed E-state index contributed by atoms with van der Waals surface area (Å²) in [5.41, 5.74) is 0.355. The normalized spacial score (nSPS) is 12.6. The molecule has 0 amide bonds. The first kappa shape index (κ1) is 15.7. The van der Waals surface area contributed by atoms with Gasteiger partial charge in [0, 0.05) is 18.7 Å². The summed E-state index contributed by atoms with van der Waals surface area (Å²) in [6.07, 6.45) is 0. The van der Waals surface area contributed by atoms with Crippen LogP contribution in [0, 0.1) is 11.8 Å². The monoisotopic (exact) mass is 283 g/mol. The van der Waals surface area contributed by atoms with Gasteiger partial charge >= 0.3 is 0 Å². The Morgan fingerprint density at radius 2 is 2.11 bits per heavy atom. The minimum atomic E-state index is -3.66. The van der Waals surface area contributed by atoms with Crippen LogP contribution in [-0.4, -0.2) is 39.9 Å². The second kappa shape index (κ2) is 7.26. The Labute approximate surface area is 113 Å². The van der Waals surface area contributed by atoms with Crippen molar-refractivity contribution < 1.29 is 18.3 Å². The summed E-state index contributed by atoms with van der Waals surface area (Å²) in [6, 6.07) is 6.05. The molecule has 6 heteroatoms. The number of hydrogen-bond donors (Lipinski definition) is 2. The Bertz CT molecular complexity index is 572. The van der Waals surface area contributed by atoms with Gasteiger partial charge in [-0.2, -0.15) is 0 Å². The first-order valence-corrected chi connectivity index (χ1v) is 7.19. The lowest BCUT2D eigenvalue weighted by atomic mass is 10.2. The lowest BCUT2D eigenvalue weighted by molar-refractivity contribution is 0.180. The van der Waals surface area contributed by atoms with Crippen molar-refractivity contribution in [1.82, 2.24) is 4.72 Å². The summed E-state index contributed by atoms with van der Waals surface area (Å²) in [5.74, 6) is 5.07. The van der Waals surface area contributed by atoms with Crippen LogP contribution in [-0.2, 0) is 14.8 Å². The maximum absolute atomic E-state index is 12.2. The number of hydrogen-bond acceptors (Lipinski definition) is 4. The molecule has 1 rings (SSSR count). The zero-order valence-electron chi connectivity index (χ0n) is 10.9. The Kier molecular flexibility index (Phi) is 5.99.